The fourth-order valence-electron chi connectivity index (χ4n) is 3.05. The van der Waals surface area contributed by atoms with Gasteiger partial charge in [0.25, 0.3) is 0 Å². The number of fused-ring (bicyclic) bond motifs is 2. The molecule has 3 aromatic heterocycles. The quantitative estimate of drug-likeness (QED) is 0.545. The predicted molar refractivity (Wildman–Crippen MR) is 105 cm³/mol. The van der Waals surface area contributed by atoms with Crippen LogP contribution in [0.2, 0.25) is 0 Å². The molecule has 0 aliphatic rings. The molecule has 0 saturated carbocycles. The lowest BCUT2D eigenvalue weighted by atomic mass is 10.1. The van der Waals surface area contributed by atoms with E-state index in [0.29, 0.717) is 18.4 Å². The molecule has 0 saturated heterocycles. The molecule has 1 aromatic carbocycles. The van der Waals surface area contributed by atoms with E-state index < -0.39 is 0 Å². The van der Waals surface area contributed by atoms with E-state index in [-0.39, 0.29) is 0 Å². The fraction of sp³-hybridized carbons (Fsp3) is 0.333. The summed E-state index contributed by atoms with van der Waals surface area (Å²) in [6.07, 6.45) is 5.77. The van der Waals surface area contributed by atoms with Gasteiger partial charge in [0.2, 0.25) is 5.95 Å². The summed E-state index contributed by atoms with van der Waals surface area (Å²) in [5, 5.41) is 14.2. The molecule has 0 amide bonds. The third-order valence-electron chi connectivity index (χ3n) is 4.50. The summed E-state index contributed by atoms with van der Waals surface area (Å²) in [4.78, 5) is 9.26. The lowest BCUT2D eigenvalue weighted by Crippen LogP contribution is -2.10. The third-order valence-corrected chi connectivity index (χ3v) is 5.05. The van der Waals surface area contributed by atoms with E-state index in [4.69, 9.17) is 0 Å². The van der Waals surface area contributed by atoms with Gasteiger partial charge in [-0.2, -0.15) is 19.7 Å². The van der Waals surface area contributed by atoms with Crippen LogP contribution in [0.1, 0.15) is 30.9 Å². The Labute approximate surface area is 155 Å². The molecular weight excluding hydrogens is 346 g/mol. The van der Waals surface area contributed by atoms with Crippen LogP contribution in [0, 0.1) is 0 Å². The van der Waals surface area contributed by atoms with Crippen molar-refractivity contribution in [2.75, 3.05) is 11.6 Å². The highest BCUT2D eigenvalue weighted by atomic mass is 32.2. The summed E-state index contributed by atoms with van der Waals surface area (Å²) in [5.74, 6) is 1.06. The molecule has 8 heteroatoms. The van der Waals surface area contributed by atoms with Gasteiger partial charge in [0.15, 0.2) is 10.8 Å². The van der Waals surface area contributed by atoms with E-state index in [1.54, 1.807) is 4.52 Å². The number of anilines is 1. The van der Waals surface area contributed by atoms with Crippen molar-refractivity contribution in [3.63, 3.8) is 0 Å². The molecule has 4 rings (SSSR count). The number of aromatic nitrogens is 6. The number of rotatable bonds is 5. The van der Waals surface area contributed by atoms with Crippen LogP contribution in [-0.4, -0.2) is 35.6 Å². The zero-order valence-electron chi connectivity index (χ0n) is 15.3. The standard InChI is InChI=1S/C18H21N7S/c1-11(2)13-9-21-25-16(13)22-18(26-4)23-17(25)19-8-12-6-5-7-15-14(12)10-20-24(15)3/h5-7,9-11H,8H2,1-4H3,(H,19,22,23). The molecule has 3 heterocycles. The number of thioether (sulfide) groups is 1. The monoisotopic (exact) mass is 367 g/mol. The minimum absolute atomic E-state index is 0.356. The highest BCUT2D eigenvalue weighted by Crippen LogP contribution is 2.24. The summed E-state index contributed by atoms with van der Waals surface area (Å²) >= 11 is 1.53. The van der Waals surface area contributed by atoms with Crippen LogP contribution in [0.5, 0.6) is 0 Å². The minimum atomic E-state index is 0.356. The number of benzene rings is 1. The van der Waals surface area contributed by atoms with Gasteiger partial charge in [0.1, 0.15) is 0 Å². The molecule has 0 aliphatic heterocycles. The van der Waals surface area contributed by atoms with Crippen LogP contribution in [0.15, 0.2) is 35.7 Å². The van der Waals surface area contributed by atoms with Gasteiger partial charge in [-0.3, -0.25) is 4.68 Å². The van der Waals surface area contributed by atoms with Crippen LogP contribution in [-0.2, 0) is 13.6 Å². The Morgan fingerprint density at radius 1 is 1.15 bits per heavy atom. The van der Waals surface area contributed by atoms with E-state index in [9.17, 15) is 0 Å². The van der Waals surface area contributed by atoms with Crippen molar-refractivity contribution < 1.29 is 0 Å². The van der Waals surface area contributed by atoms with Crippen LogP contribution in [0.4, 0.5) is 5.95 Å². The normalized spacial score (nSPS) is 11.7. The summed E-state index contributed by atoms with van der Waals surface area (Å²) < 4.78 is 3.67. The van der Waals surface area contributed by atoms with Crippen LogP contribution >= 0.6 is 11.8 Å². The van der Waals surface area contributed by atoms with Gasteiger partial charge in [-0.05, 0) is 23.8 Å². The highest BCUT2D eigenvalue weighted by Gasteiger charge is 2.15. The lowest BCUT2D eigenvalue weighted by Gasteiger charge is -2.10. The Balaban J connectivity index is 1.72. The first-order valence-corrected chi connectivity index (χ1v) is 9.74. The first-order chi connectivity index (χ1) is 12.6. The highest BCUT2D eigenvalue weighted by molar-refractivity contribution is 7.98. The summed E-state index contributed by atoms with van der Waals surface area (Å²) in [6, 6.07) is 6.23. The van der Waals surface area contributed by atoms with Crippen LogP contribution in [0.25, 0.3) is 16.6 Å². The molecule has 0 bridgehead atoms. The molecule has 0 unspecified atom stereocenters. The van der Waals surface area contributed by atoms with Gasteiger partial charge < -0.3 is 5.32 Å². The zero-order valence-corrected chi connectivity index (χ0v) is 16.1. The number of nitrogens with one attached hydrogen (secondary N) is 1. The zero-order chi connectivity index (χ0) is 18.3. The molecule has 1 N–H and O–H groups in total. The van der Waals surface area contributed by atoms with Crippen molar-refractivity contribution in [3.05, 3.63) is 41.7 Å². The summed E-state index contributed by atoms with van der Waals surface area (Å²) in [6.45, 7) is 4.93. The van der Waals surface area contributed by atoms with Gasteiger partial charge in [0.05, 0.1) is 17.9 Å². The van der Waals surface area contributed by atoms with E-state index in [2.05, 4.69) is 57.5 Å². The molecule has 26 heavy (non-hydrogen) atoms. The van der Waals surface area contributed by atoms with E-state index >= 15 is 0 Å². The van der Waals surface area contributed by atoms with Gasteiger partial charge in [-0.15, -0.1) is 0 Å². The van der Waals surface area contributed by atoms with Gasteiger partial charge in [-0.25, -0.2) is 4.98 Å². The fourth-order valence-corrected chi connectivity index (χ4v) is 3.41. The van der Waals surface area contributed by atoms with Crippen molar-refractivity contribution in [1.82, 2.24) is 29.4 Å². The average Bonchev–Trinajstić information content (AvgIpc) is 3.24. The molecule has 0 aliphatic carbocycles. The Hall–Kier alpha value is -2.61. The molecule has 0 radical (unpaired) electrons. The van der Waals surface area contributed by atoms with Crippen molar-refractivity contribution in [1.29, 1.82) is 0 Å². The van der Waals surface area contributed by atoms with Crippen molar-refractivity contribution in [2.24, 2.45) is 7.05 Å². The largest absolute Gasteiger partial charge is 0.350 e. The minimum Gasteiger partial charge on any atom is -0.350 e. The van der Waals surface area contributed by atoms with Gasteiger partial charge in [-0.1, -0.05) is 37.7 Å². The smallest absolute Gasteiger partial charge is 0.228 e. The lowest BCUT2D eigenvalue weighted by molar-refractivity contribution is 0.797. The maximum atomic E-state index is 4.64. The molecule has 0 atom stereocenters. The van der Waals surface area contributed by atoms with E-state index in [0.717, 1.165) is 27.3 Å². The van der Waals surface area contributed by atoms with E-state index in [1.807, 2.05) is 30.4 Å². The Bertz CT molecular complexity index is 1080. The first kappa shape index (κ1) is 16.8. The van der Waals surface area contributed by atoms with Crippen molar-refractivity contribution in [2.45, 2.75) is 31.5 Å². The predicted octanol–water partition coefficient (Wildman–Crippen LogP) is 3.47. The number of aryl methyl sites for hydroxylation is 1. The second kappa shape index (κ2) is 6.60. The molecule has 0 spiro atoms. The maximum Gasteiger partial charge on any atom is 0.228 e. The second-order valence-corrected chi connectivity index (χ2v) is 7.27. The second-order valence-electron chi connectivity index (χ2n) is 6.50. The average molecular weight is 367 g/mol. The maximum absolute atomic E-state index is 4.64. The Morgan fingerprint density at radius 2 is 2.00 bits per heavy atom. The molecule has 7 nitrogen and oxygen atoms in total. The Morgan fingerprint density at radius 3 is 2.77 bits per heavy atom. The molecular formula is C18H21N7S. The summed E-state index contributed by atoms with van der Waals surface area (Å²) in [7, 11) is 1.95. The SMILES string of the molecule is CSc1nc(NCc2cccc3c2cnn3C)n2ncc(C(C)C)c2n1. The van der Waals surface area contributed by atoms with Gasteiger partial charge in [0, 0.05) is 24.5 Å². The first-order valence-electron chi connectivity index (χ1n) is 8.51. The molecule has 0 fully saturated rings. The van der Waals surface area contributed by atoms with Crippen LogP contribution in [0.3, 0.4) is 0 Å². The van der Waals surface area contributed by atoms with E-state index in [1.165, 1.54) is 17.3 Å². The van der Waals surface area contributed by atoms with Gasteiger partial charge >= 0.3 is 0 Å². The third kappa shape index (κ3) is 2.80. The Kier molecular flexibility index (Phi) is 4.28. The van der Waals surface area contributed by atoms with Crippen molar-refractivity contribution in [3.8, 4) is 0 Å². The molecule has 4 aromatic rings. The number of nitrogens with zero attached hydrogens (tertiary/aromatic N) is 6. The van der Waals surface area contributed by atoms with Crippen molar-refractivity contribution >= 4 is 34.3 Å². The topological polar surface area (TPSA) is 72.9 Å². The summed E-state index contributed by atoms with van der Waals surface area (Å²) in [5.41, 5.74) is 4.27. The van der Waals surface area contributed by atoms with Crippen LogP contribution < -0.4 is 5.32 Å². The molecule has 134 valence electrons. The number of hydrogen-bond acceptors (Lipinski definition) is 6. The number of hydrogen-bond donors (Lipinski definition) is 1.